The number of imide groups is 1. The molecule has 2 N–H and O–H groups in total. The number of carbonyl (C=O) groups is 3. The minimum Gasteiger partial charge on any atom is -0.342 e. The first-order valence-electron chi connectivity index (χ1n) is 4.81. The number of likely N-dealkylation sites (tertiary alicyclic amines) is 1. The Bertz CT molecular complexity index is 290. The van der Waals surface area contributed by atoms with Crippen molar-refractivity contribution in [3.8, 4) is 0 Å². The molecule has 84 valence electrons. The smallest absolute Gasteiger partial charge is 0.241 e. The van der Waals surface area contributed by atoms with Crippen molar-refractivity contribution in [1.29, 1.82) is 0 Å². The van der Waals surface area contributed by atoms with E-state index in [-0.39, 0.29) is 36.6 Å². The molecule has 3 amide bonds. The summed E-state index contributed by atoms with van der Waals surface area (Å²) in [5, 5.41) is 5.25. The molecule has 1 aliphatic heterocycles. The summed E-state index contributed by atoms with van der Waals surface area (Å²) in [4.78, 5) is 35.0. The number of hydrogen-bond donors (Lipinski definition) is 2. The van der Waals surface area contributed by atoms with Crippen LogP contribution in [0.25, 0.3) is 0 Å². The molecule has 0 aromatic rings. The molecule has 1 rings (SSSR count). The van der Waals surface area contributed by atoms with Crippen LogP contribution in [0.15, 0.2) is 0 Å². The van der Waals surface area contributed by atoms with E-state index in [0.717, 1.165) is 4.90 Å². The monoisotopic (exact) mass is 213 g/mol. The molecule has 0 aliphatic carbocycles. The van der Waals surface area contributed by atoms with Crippen LogP contribution in [0.4, 0.5) is 0 Å². The number of rotatable bonds is 4. The number of carbonyl (C=O) groups excluding carboxylic acids is 3. The predicted octanol–water partition coefficient (Wildman–Crippen LogP) is -1.33. The zero-order valence-electron chi connectivity index (χ0n) is 8.87. The highest BCUT2D eigenvalue weighted by Gasteiger charge is 2.36. The minimum atomic E-state index is -0.333. The zero-order chi connectivity index (χ0) is 11.4. The molecule has 0 radical (unpaired) electrons. The van der Waals surface area contributed by atoms with E-state index in [0.29, 0.717) is 6.67 Å². The third-order valence-electron chi connectivity index (χ3n) is 2.23. The Hall–Kier alpha value is -1.43. The van der Waals surface area contributed by atoms with Crippen LogP contribution in [0, 0.1) is 5.92 Å². The summed E-state index contributed by atoms with van der Waals surface area (Å²) in [6.45, 7) is 1.83. The van der Waals surface area contributed by atoms with Gasteiger partial charge in [0.1, 0.15) is 6.54 Å². The minimum absolute atomic E-state index is 0.177. The Kier molecular flexibility index (Phi) is 3.79. The second-order valence-electron chi connectivity index (χ2n) is 3.55. The average molecular weight is 213 g/mol. The van der Waals surface area contributed by atoms with Gasteiger partial charge >= 0.3 is 0 Å². The van der Waals surface area contributed by atoms with Crippen molar-refractivity contribution in [2.75, 3.05) is 20.3 Å². The van der Waals surface area contributed by atoms with Gasteiger partial charge in [0.25, 0.3) is 0 Å². The van der Waals surface area contributed by atoms with E-state index in [9.17, 15) is 14.4 Å². The highest BCUT2D eigenvalue weighted by atomic mass is 16.2. The molecule has 0 saturated carbocycles. The molecule has 1 atom stereocenters. The van der Waals surface area contributed by atoms with Gasteiger partial charge in [0, 0.05) is 12.3 Å². The van der Waals surface area contributed by atoms with E-state index >= 15 is 0 Å². The van der Waals surface area contributed by atoms with Crippen LogP contribution in [0.3, 0.4) is 0 Å². The standard InChI is InChI=1S/C9H15N3O3/c1-6-3-8(14)12(9(6)15)4-7(13)11-5-10-2/h6,10H,3-5H2,1-2H3,(H,11,13). The Morgan fingerprint density at radius 3 is 2.67 bits per heavy atom. The number of amides is 3. The Morgan fingerprint density at radius 1 is 1.53 bits per heavy atom. The number of nitrogens with one attached hydrogen (secondary N) is 2. The number of hydrogen-bond acceptors (Lipinski definition) is 4. The van der Waals surface area contributed by atoms with Gasteiger partial charge in [0.05, 0.1) is 6.67 Å². The summed E-state index contributed by atoms with van der Waals surface area (Å²) in [6.07, 6.45) is 0.206. The lowest BCUT2D eigenvalue weighted by atomic mass is 10.1. The maximum atomic E-state index is 11.4. The van der Waals surface area contributed by atoms with Crippen molar-refractivity contribution in [3.63, 3.8) is 0 Å². The van der Waals surface area contributed by atoms with Gasteiger partial charge in [-0.15, -0.1) is 0 Å². The van der Waals surface area contributed by atoms with Gasteiger partial charge in [-0.25, -0.2) is 0 Å². The van der Waals surface area contributed by atoms with Crippen LogP contribution >= 0.6 is 0 Å². The van der Waals surface area contributed by atoms with Crippen LogP contribution in [-0.4, -0.2) is 42.9 Å². The highest BCUT2D eigenvalue weighted by Crippen LogP contribution is 2.17. The average Bonchev–Trinajstić information content (AvgIpc) is 2.42. The van der Waals surface area contributed by atoms with Crippen LogP contribution < -0.4 is 10.6 Å². The SMILES string of the molecule is CNCNC(=O)CN1C(=O)CC(C)C1=O. The van der Waals surface area contributed by atoms with Gasteiger partial charge in [-0.05, 0) is 7.05 Å². The summed E-state index contributed by atoms with van der Waals surface area (Å²) in [5.74, 6) is -1.17. The second kappa shape index (κ2) is 4.88. The largest absolute Gasteiger partial charge is 0.342 e. The molecule has 6 heteroatoms. The molecule has 1 fully saturated rings. The first-order valence-corrected chi connectivity index (χ1v) is 4.81. The zero-order valence-corrected chi connectivity index (χ0v) is 8.87. The van der Waals surface area contributed by atoms with E-state index < -0.39 is 0 Å². The molecule has 6 nitrogen and oxygen atoms in total. The van der Waals surface area contributed by atoms with Gasteiger partial charge in [0.15, 0.2) is 0 Å². The van der Waals surface area contributed by atoms with Gasteiger partial charge in [-0.3, -0.25) is 19.3 Å². The van der Waals surface area contributed by atoms with Gasteiger partial charge in [-0.2, -0.15) is 0 Å². The summed E-state index contributed by atoms with van der Waals surface area (Å²) in [7, 11) is 1.69. The topological polar surface area (TPSA) is 78.5 Å². The normalized spacial score (nSPS) is 20.9. The van der Waals surface area contributed by atoms with Crippen molar-refractivity contribution in [3.05, 3.63) is 0 Å². The molecule has 1 unspecified atom stereocenters. The Balaban J connectivity index is 2.47. The summed E-state index contributed by atoms with van der Waals surface area (Å²) >= 11 is 0. The van der Waals surface area contributed by atoms with Gasteiger partial charge in [-0.1, -0.05) is 6.92 Å². The summed E-state index contributed by atoms with van der Waals surface area (Å²) < 4.78 is 0. The Labute approximate surface area is 88.0 Å². The molecule has 1 aliphatic rings. The summed E-state index contributed by atoms with van der Waals surface area (Å²) in [6, 6.07) is 0. The maximum Gasteiger partial charge on any atom is 0.241 e. The first kappa shape index (κ1) is 11.6. The van der Waals surface area contributed by atoms with Gasteiger partial charge < -0.3 is 10.6 Å². The van der Waals surface area contributed by atoms with E-state index in [1.165, 1.54) is 0 Å². The van der Waals surface area contributed by atoms with E-state index in [1.807, 2.05) is 0 Å². The lowest BCUT2D eigenvalue weighted by molar-refractivity contribution is -0.143. The fourth-order valence-electron chi connectivity index (χ4n) is 1.40. The van der Waals surface area contributed by atoms with Crippen molar-refractivity contribution in [1.82, 2.24) is 15.5 Å². The van der Waals surface area contributed by atoms with E-state index in [1.54, 1.807) is 14.0 Å². The van der Waals surface area contributed by atoms with Crippen molar-refractivity contribution >= 4 is 17.7 Å². The van der Waals surface area contributed by atoms with Crippen molar-refractivity contribution in [2.24, 2.45) is 5.92 Å². The first-order chi connectivity index (χ1) is 7.06. The third-order valence-corrected chi connectivity index (χ3v) is 2.23. The molecule has 1 saturated heterocycles. The summed E-state index contributed by atoms with van der Waals surface area (Å²) in [5.41, 5.74) is 0. The lowest BCUT2D eigenvalue weighted by Gasteiger charge is -2.13. The fourth-order valence-corrected chi connectivity index (χ4v) is 1.40. The lowest BCUT2D eigenvalue weighted by Crippen LogP contribution is -2.42. The quantitative estimate of drug-likeness (QED) is 0.448. The van der Waals surface area contributed by atoms with Crippen molar-refractivity contribution in [2.45, 2.75) is 13.3 Å². The van der Waals surface area contributed by atoms with Crippen LogP contribution in [0.1, 0.15) is 13.3 Å². The predicted molar refractivity (Wildman–Crippen MR) is 52.6 cm³/mol. The van der Waals surface area contributed by atoms with Crippen LogP contribution in [0.5, 0.6) is 0 Å². The second-order valence-corrected chi connectivity index (χ2v) is 3.55. The Morgan fingerprint density at radius 2 is 2.20 bits per heavy atom. The molecule has 15 heavy (non-hydrogen) atoms. The van der Waals surface area contributed by atoms with Crippen molar-refractivity contribution < 1.29 is 14.4 Å². The van der Waals surface area contributed by atoms with Gasteiger partial charge in [0.2, 0.25) is 17.7 Å². The molecule has 1 heterocycles. The third kappa shape index (κ3) is 2.76. The maximum absolute atomic E-state index is 11.4. The highest BCUT2D eigenvalue weighted by molar-refractivity contribution is 6.05. The molecule has 0 bridgehead atoms. The molecule has 0 aromatic heterocycles. The number of nitrogens with zero attached hydrogens (tertiary/aromatic N) is 1. The van der Waals surface area contributed by atoms with Crippen LogP contribution in [0.2, 0.25) is 0 Å². The molecule has 0 spiro atoms. The molecular formula is C9H15N3O3. The van der Waals surface area contributed by atoms with Crippen LogP contribution in [-0.2, 0) is 14.4 Å². The molecule has 0 aromatic carbocycles. The fraction of sp³-hybridized carbons (Fsp3) is 0.667. The molecular weight excluding hydrogens is 198 g/mol. The van der Waals surface area contributed by atoms with E-state index in [2.05, 4.69) is 10.6 Å². The van der Waals surface area contributed by atoms with E-state index in [4.69, 9.17) is 0 Å².